The lowest BCUT2D eigenvalue weighted by Gasteiger charge is -2.06. The summed E-state index contributed by atoms with van der Waals surface area (Å²) in [6, 6.07) is 5.35. The molecule has 0 saturated heterocycles. The third kappa shape index (κ3) is 1.90. The molecule has 0 amide bonds. The van der Waals surface area contributed by atoms with E-state index in [1.807, 2.05) is 13.0 Å². The number of carboxylic acid groups (broad SMARTS) is 1. The van der Waals surface area contributed by atoms with E-state index in [4.69, 9.17) is 5.11 Å². The molecule has 1 aromatic heterocycles. The Morgan fingerprint density at radius 2 is 2.11 bits per heavy atom. The van der Waals surface area contributed by atoms with Gasteiger partial charge in [-0.1, -0.05) is 12.1 Å². The fourth-order valence-electron chi connectivity index (χ4n) is 1.81. The molecule has 1 heterocycles. The minimum absolute atomic E-state index is 0.133. The van der Waals surface area contributed by atoms with E-state index in [1.165, 1.54) is 10.9 Å². The first-order valence-corrected chi connectivity index (χ1v) is 5.39. The van der Waals surface area contributed by atoms with E-state index in [0.29, 0.717) is 16.9 Å². The van der Waals surface area contributed by atoms with E-state index in [2.05, 4.69) is 5.10 Å². The van der Waals surface area contributed by atoms with Gasteiger partial charge in [0.2, 0.25) is 0 Å². The molecule has 92 valence electrons. The highest BCUT2D eigenvalue weighted by Crippen LogP contribution is 2.18. The van der Waals surface area contributed by atoms with Gasteiger partial charge in [-0.2, -0.15) is 5.10 Å². The molecule has 0 atom stereocenters. The number of carbonyl (C=O) groups is 2. The number of aromatic nitrogens is 2. The molecule has 1 aromatic carbocycles. The van der Waals surface area contributed by atoms with Crippen molar-refractivity contribution in [2.75, 3.05) is 0 Å². The van der Waals surface area contributed by atoms with Gasteiger partial charge < -0.3 is 5.11 Å². The molecule has 18 heavy (non-hydrogen) atoms. The third-order valence-corrected chi connectivity index (χ3v) is 2.80. The second-order valence-electron chi connectivity index (χ2n) is 4.00. The Bertz CT molecular complexity index is 629. The van der Waals surface area contributed by atoms with E-state index >= 15 is 0 Å². The highest BCUT2D eigenvalue weighted by Gasteiger charge is 2.14. The topological polar surface area (TPSA) is 72.2 Å². The van der Waals surface area contributed by atoms with Crippen molar-refractivity contribution >= 4 is 12.3 Å². The number of hydrogen-bond donors (Lipinski definition) is 1. The van der Waals surface area contributed by atoms with Crippen LogP contribution in [-0.4, -0.2) is 27.1 Å². The normalized spacial score (nSPS) is 10.3. The van der Waals surface area contributed by atoms with Gasteiger partial charge in [0.15, 0.2) is 6.29 Å². The van der Waals surface area contributed by atoms with E-state index < -0.39 is 5.97 Å². The van der Waals surface area contributed by atoms with Crippen molar-refractivity contribution in [2.45, 2.75) is 13.8 Å². The van der Waals surface area contributed by atoms with Crippen LogP contribution in [0.2, 0.25) is 0 Å². The number of benzene rings is 1. The Labute approximate surface area is 104 Å². The zero-order chi connectivity index (χ0) is 13.3. The van der Waals surface area contributed by atoms with Gasteiger partial charge in [-0.15, -0.1) is 0 Å². The molecule has 0 unspecified atom stereocenters. The maximum Gasteiger partial charge on any atom is 0.339 e. The van der Waals surface area contributed by atoms with Gasteiger partial charge in [0, 0.05) is 11.8 Å². The maximum absolute atomic E-state index is 11.1. The van der Waals surface area contributed by atoms with Crippen molar-refractivity contribution in [3.8, 4) is 5.69 Å². The van der Waals surface area contributed by atoms with Gasteiger partial charge in [0.25, 0.3) is 0 Å². The van der Waals surface area contributed by atoms with E-state index in [0.717, 1.165) is 11.8 Å². The number of aromatic carboxylic acids is 1. The molecule has 0 aliphatic heterocycles. The van der Waals surface area contributed by atoms with Crippen LogP contribution in [0.15, 0.2) is 24.4 Å². The number of aldehydes is 1. The van der Waals surface area contributed by atoms with Crippen LogP contribution in [0.3, 0.4) is 0 Å². The quantitative estimate of drug-likeness (QED) is 0.838. The summed E-state index contributed by atoms with van der Waals surface area (Å²) in [7, 11) is 0. The van der Waals surface area contributed by atoms with Gasteiger partial charge in [-0.05, 0) is 25.5 Å². The van der Waals surface area contributed by atoms with Crippen LogP contribution in [0.25, 0.3) is 5.69 Å². The van der Waals surface area contributed by atoms with Crippen LogP contribution in [-0.2, 0) is 0 Å². The van der Waals surface area contributed by atoms with E-state index in [9.17, 15) is 9.59 Å². The summed E-state index contributed by atoms with van der Waals surface area (Å²) < 4.78 is 1.43. The molecule has 0 bridgehead atoms. The number of hydrogen-bond acceptors (Lipinski definition) is 3. The van der Waals surface area contributed by atoms with Gasteiger partial charge in [0.05, 0.1) is 11.4 Å². The van der Waals surface area contributed by atoms with Crippen molar-refractivity contribution in [2.24, 2.45) is 0 Å². The van der Waals surface area contributed by atoms with Crippen molar-refractivity contribution < 1.29 is 14.7 Å². The fraction of sp³-hybridized carbons (Fsp3) is 0.154. The van der Waals surface area contributed by atoms with Gasteiger partial charge in [0.1, 0.15) is 5.56 Å². The maximum atomic E-state index is 11.1. The Hall–Kier alpha value is -2.43. The Kier molecular flexibility index (Phi) is 2.97. The first-order chi connectivity index (χ1) is 8.54. The highest BCUT2D eigenvalue weighted by molar-refractivity contribution is 5.89. The van der Waals surface area contributed by atoms with Crippen molar-refractivity contribution in [1.82, 2.24) is 9.78 Å². The molecule has 1 N–H and O–H groups in total. The summed E-state index contributed by atoms with van der Waals surface area (Å²) in [6.07, 6.45) is 2.17. The van der Waals surface area contributed by atoms with Gasteiger partial charge in [-0.3, -0.25) is 4.79 Å². The molecular weight excluding hydrogens is 232 g/mol. The highest BCUT2D eigenvalue weighted by atomic mass is 16.4. The molecule has 0 aliphatic carbocycles. The molecule has 0 aliphatic rings. The molecule has 0 spiro atoms. The number of rotatable bonds is 3. The van der Waals surface area contributed by atoms with Gasteiger partial charge >= 0.3 is 5.97 Å². The average Bonchev–Trinajstić information content (AvgIpc) is 2.71. The smallest absolute Gasteiger partial charge is 0.339 e. The molecule has 5 heteroatoms. The first kappa shape index (κ1) is 12.0. The summed E-state index contributed by atoms with van der Waals surface area (Å²) >= 11 is 0. The molecule has 5 nitrogen and oxygen atoms in total. The van der Waals surface area contributed by atoms with E-state index in [1.54, 1.807) is 19.1 Å². The van der Waals surface area contributed by atoms with Crippen LogP contribution in [0.5, 0.6) is 0 Å². The largest absolute Gasteiger partial charge is 0.478 e. The van der Waals surface area contributed by atoms with Crippen LogP contribution in [0, 0.1) is 13.8 Å². The number of aryl methyl sites for hydroxylation is 2. The lowest BCUT2D eigenvalue weighted by molar-refractivity contribution is 0.0696. The van der Waals surface area contributed by atoms with E-state index in [-0.39, 0.29) is 5.56 Å². The van der Waals surface area contributed by atoms with Crippen molar-refractivity contribution in [1.29, 1.82) is 0 Å². The molecule has 0 radical (unpaired) electrons. The van der Waals surface area contributed by atoms with Crippen molar-refractivity contribution in [3.63, 3.8) is 0 Å². The lowest BCUT2D eigenvalue weighted by Crippen LogP contribution is -2.01. The molecule has 0 saturated carbocycles. The van der Waals surface area contributed by atoms with Crippen LogP contribution in [0.4, 0.5) is 0 Å². The van der Waals surface area contributed by atoms with Crippen LogP contribution >= 0.6 is 0 Å². The third-order valence-electron chi connectivity index (χ3n) is 2.80. The number of nitrogens with zero attached hydrogens (tertiary/aromatic N) is 2. The average molecular weight is 244 g/mol. The van der Waals surface area contributed by atoms with Crippen LogP contribution in [0.1, 0.15) is 32.0 Å². The minimum atomic E-state index is -1.03. The SMILES string of the molecule is Cc1cccc(-n2cc(C(=O)O)c(C)n2)c1C=O. The predicted molar refractivity (Wildman–Crippen MR) is 65.4 cm³/mol. The standard InChI is InChI=1S/C13H12N2O3/c1-8-4-3-5-12(11(8)7-16)15-6-10(13(17)18)9(2)14-15/h3-7H,1-2H3,(H,17,18). The first-order valence-electron chi connectivity index (χ1n) is 5.39. The zero-order valence-corrected chi connectivity index (χ0v) is 10.0. The summed E-state index contributed by atoms with van der Waals surface area (Å²) in [5.41, 5.74) is 2.47. The second-order valence-corrected chi connectivity index (χ2v) is 4.00. The fourth-order valence-corrected chi connectivity index (χ4v) is 1.81. The molecular formula is C13H12N2O3. The second kappa shape index (κ2) is 4.44. The summed E-state index contributed by atoms with van der Waals surface area (Å²) in [5.74, 6) is -1.03. The molecule has 2 rings (SSSR count). The minimum Gasteiger partial charge on any atom is -0.478 e. The van der Waals surface area contributed by atoms with Crippen molar-refractivity contribution in [3.05, 3.63) is 46.8 Å². The number of carbonyl (C=O) groups excluding carboxylic acids is 1. The Morgan fingerprint density at radius 3 is 2.67 bits per heavy atom. The summed E-state index contributed by atoms with van der Waals surface area (Å²) in [6.45, 7) is 3.44. The predicted octanol–water partition coefficient (Wildman–Crippen LogP) is 2.00. The molecule has 0 fully saturated rings. The van der Waals surface area contributed by atoms with Crippen LogP contribution < -0.4 is 0 Å². The van der Waals surface area contributed by atoms with Gasteiger partial charge in [-0.25, -0.2) is 9.48 Å². The lowest BCUT2D eigenvalue weighted by atomic mass is 10.1. The Morgan fingerprint density at radius 1 is 1.39 bits per heavy atom. The molecule has 2 aromatic rings. The Balaban J connectivity index is 2.62. The number of carboxylic acids is 1. The summed E-state index contributed by atoms with van der Waals surface area (Å²) in [5, 5.41) is 13.1. The monoisotopic (exact) mass is 244 g/mol. The summed E-state index contributed by atoms with van der Waals surface area (Å²) in [4.78, 5) is 22.1. The zero-order valence-electron chi connectivity index (χ0n) is 10.0.